The predicted molar refractivity (Wildman–Crippen MR) is 95.0 cm³/mol. The Bertz CT molecular complexity index is 642. The zero-order valence-corrected chi connectivity index (χ0v) is 15.4. The minimum atomic E-state index is -0.265. The fourth-order valence-corrected chi connectivity index (χ4v) is 3.80. The number of imidazole rings is 1. The van der Waals surface area contributed by atoms with E-state index < -0.39 is 0 Å². The number of aromatic nitrogens is 2. The molecule has 7 nitrogen and oxygen atoms in total. The lowest BCUT2D eigenvalue weighted by Crippen LogP contribution is -2.53. The van der Waals surface area contributed by atoms with Crippen LogP contribution in [0.1, 0.15) is 58.1 Å². The highest BCUT2D eigenvalue weighted by atomic mass is 16.2. The van der Waals surface area contributed by atoms with E-state index in [1.54, 1.807) is 0 Å². The molecule has 1 aliphatic heterocycles. The highest BCUT2D eigenvalue weighted by Gasteiger charge is 2.36. The van der Waals surface area contributed by atoms with Gasteiger partial charge in [0.15, 0.2) is 0 Å². The number of amides is 3. The van der Waals surface area contributed by atoms with E-state index in [9.17, 15) is 9.59 Å². The number of rotatable bonds is 3. The molecule has 25 heavy (non-hydrogen) atoms. The number of hydrogen-bond acceptors (Lipinski definition) is 3. The average molecular weight is 347 g/mol. The summed E-state index contributed by atoms with van der Waals surface area (Å²) < 4.78 is 2.21. The Morgan fingerprint density at radius 3 is 2.68 bits per heavy atom. The SMILES string of the molecule is CC(C)(C)n1cncc1C1CCCN(C(=O)NC2CC(C(N)=O)C2)C1. The molecule has 1 unspecified atom stereocenters. The van der Waals surface area contributed by atoms with Gasteiger partial charge in [0.25, 0.3) is 0 Å². The van der Waals surface area contributed by atoms with Crippen LogP contribution < -0.4 is 11.1 Å². The third-order valence-corrected chi connectivity index (χ3v) is 5.38. The van der Waals surface area contributed by atoms with Crippen molar-refractivity contribution in [2.75, 3.05) is 13.1 Å². The largest absolute Gasteiger partial charge is 0.369 e. The van der Waals surface area contributed by atoms with Crippen LogP contribution in [0, 0.1) is 5.92 Å². The first-order valence-corrected chi connectivity index (χ1v) is 9.13. The monoisotopic (exact) mass is 347 g/mol. The minimum absolute atomic E-state index is 0.0218. The number of hydrogen-bond donors (Lipinski definition) is 2. The van der Waals surface area contributed by atoms with Gasteiger partial charge in [-0.2, -0.15) is 0 Å². The zero-order valence-electron chi connectivity index (χ0n) is 15.4. The second kappa shape index (κ2) is 6.69. The molecule has 1 aromatic heterocycles. The van der Waals surface area contributed by atoms with Crippen LogP contribution in [0.3, 0.4) is 0 Å². The first-order chi connectivity index (χ1) is 11.8. The maximum atomic E-state index is 12.6. The van der Waals surface area contributed by atoms with Crippen molar-refractivity contribution >= 4 is 11.9 Å². The summed E-state index contributed by atoms with van der Waals surface area (Å²) in [4.78, 5) is 29.9. The Kier molecular flexibility index (Phi) is 4.75. The zero-order chi connectivity index (χ0) is 18.2. The van der Waals surface area contributed by atoms with E-state index in [4.69, 9.17) is 5.73 Å². The van der Waals surface area contributed by atoms with Crippen LogP contribution >= 0.6 is 0 Å². The lowest BCUT2D eigenvalue weighted by molar-refractivity contribution is -0.124. The van der Waals surface area contributed by atoms with Crippen LogP contribution in [-0.2, 0) is 10.3 Å². The summed E-state index contributed by atoms with van der Waals surface area (Å²) in [6, 6.07) is 0.0462. The molecule has 1 saturated heterocycles. The van der Waals surface area contributed by atoms with Gasteiger partial charge in [0, 0.05) is 48.4 Å². The number of carbonyl (C=O) groups excluding carboxylic acids is 2. The van der Waals surface area contributed by atoms with Crippen LogP contribution in [0.4, 0.5) is 4.79 Å². The van der Waals surface area contributed by atoms with Crippen LogP contribution in [0.2, 0.25) is 0 Å². The van der Waals surface area contributed by atoms with Gasteiger partial charge in [-0.3, -0.25) is 4.79 Å². The van der Waals surface area contributed by atoms with Crippen molar-refractivity contribution in [1.29, 1.82) is 0 Å². The van der Waals surface area contributed by atoms with E-state index in [0.29, 0.717) is 25.3 Å². The summed E-state index contributed by atoms with van der Waals surface area (Å²) in [5.74, 6) is -0.0412. The van der Waals surface area contributed by atoms with Gasteiger partial charge >= 0.3 is 6.03 Å². The fourth-order valence-electron chi connectivity index (χ4n) is 3.80. The third-order valence-electron chi connectivity index (χ3n) is 5.38. The van der Waals surface area contributed by atoms with Crippen LogP contribution in [0.25, 0.3) is 0 Å². The molecule has 138 valence electrons. The average Bonchev–Trinajstić information content (AvgIpc) is 2.99. The van der Waals surface area contributed by atoms with Crippen molar-refractivity contribution in [3.05, 3.63) is 18.2 Å². The van der Waals surface area contributed by atoms with Crippen molar-refractivity contribution in [3.63, 3.8) is 0 Å². The molecule has 3 rings (SSSR count). The minimum Gasteiger partial charge on any atom is -0.369 e. The van der Waals surface area contributed by atoms with Gasteiger partial charge in [0.05, 0.1) is 6.33 Å². The van der Waals surface area contributed by atoms with Crippen molar-refractivity contribution < 1.29 is 9.59 Å². The van der Waals surface area contributed by atoms with Crippen molar-refractivity contribution in [2.24, 2.45) is 11.7 Å². The molecular formula is C18H29N5O2. The molecule has 0 bridgehead atoms. The lowest BCUT2D eigenvalue weighted by atomic mass is 9.80. The number of carbonyl (C=O) groups is 2. The second-order valence-electron chi connectivity index (χ2n) is 8.36. The van der Waals surface area contributed by atoms with Crippen LogP contribution in [-0.4, -0.2) is 45.5 Å². The van der Waals surface area contributed by atoms with Crippen molar-refractivity contribution in [1.82, 2.24) is 19.8 Å². The molecule has 2 heterocycles. The van der Waals surface area contributed by atoms with Crippen molar-refractivity contribution in [3.8, 4) is 0 Å². The number of likely N-dealkylation sites (tertiary alicyclic amines) is 1. The molecule has 3 amide bonds. The smallest absolute Gasteiger partial charge is 0.317 e. The lowest BCUT2D eigenvalue weighted by Gasteiger charge is -2.38. The molecular weight excluding hydrogens is 318 g/mol. The third kappa shape index (κ3) is 3.80. The van der Waals surface area contributed by atoms with Gasteiger partial charge in [-0.25, -0.2) is 9.78 Å². The summed E-state index contributed by atoms with van der Waals surface area (Å²) in [7, 11) is 0. The summed E-state index contributed by atoms with van der Waals surface area (Å²) in [5, 5.41) is 3.04. The Balaban J connectivity index is 1.59. The van der Waals surface area contributed by atoms with Crippen LogP contribution in [0.5, 0.6) is 0 Å². The molecule has 3 N–H and O–H groups in total. The standard InChI is InChI=1S/C18H29N5O2/c1-18(2,3)23-11-20-9-15(23)12-5-4-6-22(10-12)17(25)21-14-7-13(8-14)16(19)24/h9,11-14H,4-8,10H2,1-3H3,(H2,19,24)(H,21,25). The fraction of sp³-hybridized carbons (Fsp3) is 0.722. The summed E-state index contributed by atoms with van der Waals surface area (Å²) >= 11 is 0. The van der Waals surface area contributed by atoms with E-state index in [1.807, 2.05) is 17.4 Å². The maximum Gasteiger partial charge on any atom is 0.317 e. The van der Waals surface area contributed by atoms with Gasteiger partial charge in [0.2, 0.25) is 5.91 Å². The molecule has 2 aliphatic rings. The van der Waals surface area contributed by atoms with Gasteiger partial charge in [-0.05, 0) is 46.5 Å². The number of nitrogens with one attached hydrogen (secondary N) is 1. The number of nitrogens with zero attached hydrogens (tertiary/aromatic N) is 3. The molecule has 0 spiro atoms. The molecule has 1 saturated carbocycles. The second-order valence-corrected chi connectivity index (χ2v) is 8.36. The van der Waals surface area contributed by atoms with E-state index in [0.717, 1.165) is 19.4 Å². The molecule has 7 heteroatoms. The molecule has 0 radical (unpaired) electrons. The van der Waals surface area contributed by atoms with Crippen molar-refractivity contribution in [2.45, 2.75) is 64.0 Å². The Hall–Kier alpha value is -2.05. The number of urea groups is 1. The van der Waals surface area contributed by atoms with Gasteiger partial charge in [-0.1, -0.05) is 0 Å². The Labute approximate surface area is 149 Å². The van der Waals surface area contributed by atoms with E-state index in [2.05, 4.69) is 35.6 Å². The normalized spacial score (nSPS) is 26.8. The number of nitrogens with two attached hydrogens (primary N) is 1. The molecule has 1 aromatic rings. The predicted octanol–water partition coefficient (Wildman–Crippen LogP) is 1.79. The maximum absolute atomic E-state index is 12.6. The number of piperidine rings is 1. The van der Waals surface area contributed by atoms with Crippen LogP contribution in [0.15, 0.2) is 12.5 Å². The summed E-state index contributed by atoms with van der Waals surface area (Å²) in [5.41, 5.74) is 6.46. The molecule has 1 atom stereocenters. The topological polar surface area (TPSA) is 93.2 Å². The molecule has 0 aromatic carbocycles. The Morgan fingerprint density at radius 1 is 1.32 bits per heavy atom. The van der Waals surface area contributed by atoms with E-state index in [-0.39, 0.29) is 29.4 Å². The number of primary amides is 1. The highest BCUT2D eigenvalue weighted by Crippen LogP contribution is 2.31. The first kappa shape index (κ1) is 17.8. The van der Waals surface area contributed by atoms with E-state index >= 15 is 0 Å². The summed E-state index contributed by atoms with van der Waals surface area (Å²) in [6.45, 7) is 7.98. The summed E-state index contributed by atoms with van der Waals surface area (Å²) in [6.07, 6.45) is 7.19. The Morgan fingerprint density at radius 2 is 2.04 bits per heavy atom. The molecule has 1 aliphatic carbocycles. The molecule has 2 fully saturated rings. The first-order valence-electron chi connectivity index (χ1n) is 9.13. The van der Waals surface area contributed by atoms with E-state index in [1.165, 1.54) is 5.69 Å². The van der Waals surface area contributed by atoms with Gasteiger partial charge < -0.3 is 20.5 Å². The highest BCUT2D eigenvalue weighted by molar-refractivity contribution is 5.79. The van der Waals surface area contributed by atoms with Gasteiger partial charge in [0.1, 0.15) is 0 Å². The quantitative estimate of drug-likeness (QED) is 0.873. The van der Waals surface area contributed by atoms with Gasteiger partial charge in [-0.15, -0.1) is 0 Å².